The van der Waals surface area contributed by atoms with Crippen molar-refractivity contribution < 1.29 is 22.6 Å². The highest BCUT2D eigenvalue weighted by Gasteiger charge is 2.30. The van der Waals surface area contributed by atoms with Gasteiger partial charge in [-0.3, -0.25) is 9.13 Å². The SMILES string of the molecule is CC(COc1ccc(-n2ccn(-c3ccc(OCCN(C)C)cc3)c2=O)cc1)CC(F)(F)F. The number of hydrogen-bond acceptors (Lipinski definition) is 4. The molecule has 1 aromatic heterocycles. The van der Waals surface area contributed by atoms with Crippen LogP contribution in [0, 0.1) is 5.92 Å². The molecule has 3 aromatic rings. The van der Waals surface area contributed by atoms with Crippen molar-refractivity contribution in [3.05, 3.63) is 71.4 Å². The summed E-state index contributed by atoms with van der Waals surface area (Å²) in [6.07, 6.45) is -1.77. The third-order valence-corrected chi connectivity index (χ3v) is 4.93. The molecule has 0 spiro atoms. The molecule has 0 saturated heterocycles. The average Bonchev–Trinajstić information content (AvgIpc) is 3.13. The first-order valence-electron chi connectivity index (χ1n) is 10.6. The third kappa shape index (κ3) is 7.15. The molecule has 3 rings (SSSR count). The van der Waals surface area contributed by atoms with E-state index in [-0.39, 0.29) is 12.3 Å². The number of hydrogen-bond donors (Lipinski definition) is 0. The molecule has 2 aromatic carbocycles. The second-order valence-corrected chi connectivity index (χ2v) is 8.20. The molecular formula is C24H28F3N3O3. The molecule has 178 valence electrons. The van der Waals surface area contributed by atoms with E-state index in [0.717, 1.165) is 12.3 Å². The Labute approximate surface area is 190 Å². The summed E-state index contributed by atoms with van der Waals surface area (Å²) in [7, 11) is 3.95. The lowest BCUT2D eigenvalue weighted by Gasteiger charge is -2.15. The summed E-state index contributed by atoms with van der Waals surface area (Å²) in [5.74, 6) is 0.532. The van der Waals surface area contributed by atoms with Gasteiger partial charge in [0.1, 0.15) is 18.1 Å². The molecule has 0 aliphatic carbocycles. The minimum absolute atomic E-state index is 0.0377. The Morgan fingerprint density at radius 3 is 1.82 bits per heavy atom. The van der Waals surface area contributed by atoms with Gasteiger partial charge >= 0.3 is 11.9 Å². The summed E-state index contributed by atoms with van der Waals surface area (Å²) < 4.78 is 51.4. The van der Waals surface area contributed by atoms with E-state index < -0.39 is 18.5 Å². The van der Waals surface area contributed by atoms with Crippen molar-refractivity contribution in [3.8, 4) is 22.9 Å². The van der Waals surface area contributed by atoms with E-state index in [1.54, 1.807) is 36.7 Å². The third-order valence-electron chi connectivity index (χ3n) is 4.93. The number of benzene rings is 2. The normalized spacial score (nSPS) is 12.7. The number of alkyl halides is 3. The van der Waals surface area contributed by atoms with E-state index in [9.17, 15) is 18.0 Å². The molecule has 1 atom stereocenters. The highest BCUT2D eigenvalue weighted by Crippen LogP contribution is 2.25. The van der Waals surface area contributed by atoms with Crippen LogP contribution >= 0.6 is 0 Å². The number of halogens is 3. The molecule has 1 heterocycles. The lowest BCUT2D eigenvalue weighted by Crippen LogP contribution is -2.21. The van der Waals surface area contributed by atoms with Crippen LogP contribution in [-0.4, -0.2) is 54.1 Å². The molecule has 0 aliphatic rings. The lowest BCUT2D eigenvalue weighted by molar-refractivity contribution is -0.145. The fraction of sp³-hybridized carbons (Fsp3) is 0.375. The van der Waals surface area contributed by atoms with Crippen LogP contribution in [0.2, 0.25) is 0 Å². The minimum Gasteiger partial charge on any atom is -0.493 e. The summed E-state index contributed by atoms with van der Waals surface area (Å²) in [6, 6.07) is 13.9. The second-order valence-electron chi connectivity index (χ2n) is 8.20. The van der Waals surface area contributed by atoms with Crippen LogP contribution in [0.3, 0.4) is 0 Å². The first kappa shape index (κ1) is 24.4. The van der Waals surface area contributed by atoms with Crippen LogP contribution < -0.4 is 15.2 Å². The van der Waals surface area contributed by atoms with Gasteiger partial charge in [0.2, 0.25) is 0 Å². The van der Waals surface area contributed by atoms with Crippen molar-refractivity contribution in [2.45, 2.75) is 19.5 Å². The Kier molecular flexibility index (Phi) is 7.86. The molecule has 0 bridgehead atoms. The van der Waals surface area contributed by atoms with E-state index in [2.05, 4.69) is 0 Å². The van der Waals surface area contributed by atoms with Crippen LogP contribution in [0.4, 0.5) is 13.2 Å². The van der Waals surface area contributed by atoms with Gasteiger partial charge in [0.15, 0.2) is 0 Å². The Bertz CT molecular complexity index is 1070. The smallest absolute Gasteiger partial charge is 0.389 e. The zero-order valence-electron chi connectivity index (χ0n) is 18.9. The summed E-state index contributed by atoms with van der Waals surface area (Å²) in [4.78, 5) is 14.9. The fourth-order valence-electron chi connectivity index (χ4n) is 3.21. The van der Waals surface area contributed by atoms with Crippen LogP contribution in [0.5, 0.6) is 11.5 Å². The van der Waals surface area contributed by atoms with Crippen LogP contribution in [0.15, 0.2) is 65.7 Å². The number of nitrogens with zero attached hydrogens (tertiary/aromatic N) is 3. The maximum absolute atomic E-state index is 12.9. The zero-order chi connectivity index (χ0) is 24.0. The van der Waals surface area contributed by atoms with Gasteiger partial charge in [0, 0.05) is 25.4 Å². The fourth-order valence-corrected chi connectivity index (χ4v) is 3.21. The highest BCUT2D eigenvalue weighted by atomic mass is 19.4. The predicted octanol–water partition coefficient (Wildman–Crippen LogP) is 4.54. The molecule has 33 heavy (non-hydrogen) atoms. The Morgan fingerprint density at radius 2 is 1.36 bits per heavy atom. The van der Waals surface area contributed by atoms with Crippen molar-refractivity contribution >= 4 is 0 Å². The molecule has 0 fully saturated rings. The second kappa shape index (κ2) is 10.6. The molecule has 0 radical (unpaired) electrons. The molecule has 6 nitrogen and oxygen atoms in total. The maximum Gasteiger partial charge on any atom is 0.389 e. The molecular weight excluding hydrogens is 435 g/mol. The lowest BCUT2D eigenvalue weighted by atomic mass is 10.1. The van der Waals surface area contributed by atoms with Crippen molar-refractivity contribution in [1.82, 2.24) is 14.0 Å². The molecule has 0 N–H and O–H groups in total. The average molecular weight is 464 g/mol. The number of likely N-dealkylation sites (N-methyl/N-ethyl adjacent to an activating group) is 1. The van der Waals surface area contributed by atoms with Gasteiger partial charge in [0.05, 0.1) is 18.0 Å². The van der Waals surface area contributed by atoms with Gasteiger partial charge in [-0.05, 0) is 68.5 Å². The molecule has 1 unspecified atom stereocenters. The highest BCUT2D eigenvalue weighted by molar-refractivity contribution is 5.40. The summed E-state index contributed by atoms with van der Waals surface area (Å²) in [5, 5.41) is 0. The van der Waals surface area contributed by atoms with Gasteiger partial charge < -0.3 is 14.4 Å². The Morgan fingerprint density at radius 1 is 0.879 bits per heavy atom. The van der Waals surface area contributed by atoms with E-state index in [1.807, 2.05) is 43.3 Å². The summed E-state index contributed by atoms with van der Waals surface area (Å²) >= 11 is 0. The zero-order valence-corrected chi connectivity index (χ0v) is 18.9. The van der Waals surface area contributed by atoms with E-state index >= 15 is 0 Å². The molecule has 0 amide bonds. The molecule has 9 heteroatoms. The number of imidazole rings is 1. The van der Waals surface area contributed by atoms with E-state index in [0.29, 0.717) is 23.7 Å². The Balaban J connectivity index is 1.64. The summed E-state index contributed by atoms with van der Waals surface area (Å²) in [5.41, 5.74) is 1.08. The number of aromatic nitrogens is 2. The van der Waals surface area contributed by atoms with Crippen molar-refractivity contribution in [2.24, 2.45) is 5.92 Å². The first-order valence-corrected chi connectivity index (χ1v) is 10.6. The van der Waals surface area contributed by atoms with Crippen molar-refractivity contribution in [2.75, 3.05) is 33.9 Å². The van der Waals surface area contributed by atoms with E-state index in [1.165, 1.54) is 16.1 Å². The largest absolute Gasteiger partial charge is 0.493 e. The standard InChI is InChI=1S/C24H28F3N3O3/c1-18(16-24(25,26)27)17-33-22-10-6-20(7-11-22)30-13-12-29(23(30)31)19-4-8-21(9-5-19)32-15-14-28(2)3/h4-13,18H,14-17H2,1-3H3. The predicted molar refractivity (Wildman–Crippen MR) is 121 cm³/mol. The topological polar surface area (TPSA) is 48.6 Å². The van der Waals surface area contributed by atoms with Crippen molar-refractivity contribution in [1.29, 1.82) is 0 Å². The van der Waals surface area contributed by atoms with Crippen LogP contribution in [0.1, 0.15) is 13.3 Å². The number of ether oxygens (including phenoxy) is 2. The number of rotatable bonds is 10. The monoisotopic (exact) mass is 463 g/mol. The van der Waals surface area contributed by atoms with Gasteiger partial charge in [-0.2, -0.15) is 13.2 Å². The van der Waals surface area contributed by atoms with Gasteiger partial charge in [0.25, 0.3) is 0 Å². The quantitative estimate of drug-likeness (QED) is 0.443. The van der Waals surface area contributed by atoms with Crippen LogP contribution in [-0.2, 0) is 0 Å². The maximum atomic E-state index is 12.9. The van der Waals surface area contributed by atoms with Gasteiger partial charge in [-0.1, -0.05) is 6.92 Å². The van der Waals surface area contributed by atoms with Crippen molar-refractivity contribution in [3.63, 3.8) is 0 Å². The van der Waals surface area contributed by atoms with Crippen LogP contribution in [0.25, 0.3) is 11.4 Å². The van der Waals surface area contributed by atoms with E-state index in [4.69, 9.17) is 9.47 Å². The van der Waals surface area contributed by atoms with Gasteiger partial charge in [-0.15, -0.1) is 0 Å². The first-order chi connectivity index (χ1) is 15.6. The minimum atomic E-state index is -4.21. The Hall–Kier alpha value is -3.20. The molecule has 0 aliphatic heterocycles. The van der Waals surface area contributed by atoms with Gasteiger partial charge in [-0.25, -0.2) is 4.79 Å². The summed E-state index contributed by atoms with van der Waals surface area (Å²) in [6.45, 7) is 2.83. The molecule has 0 saturated carbocycles.